The molecule has 0 atom stereocenters. The molecule has 0 aliphatic heterocycles. The lowest BCUT2D eigenvalue weighted by molar-refractivity contribution is -0.120. The Balaban J connectivity index is 1.87. The van der Waals surface area contributed by atoms with Crippen molar-refractivity contribution in [3.05, 3.63) is 36.0 Å². The van der Waals surface area contributed by atoms with E-state index in [1.807, 2.05) is 18.2 Å². The monoisotopic (exact) mass is 373 g/mol. The number of unbranched alkanes of at least 4 members (excludes halogenated alkanes) is 12. The van der Waals surface area contributed by atoms with E-state index in [4.69, 9.17) is 0 Å². The van der Waals surface area contributed by atoms with Gasteiger partial charge in [-0.15, -0.1) is 0 Å². The van der Waals surface area contributed by atoms with Gasteiger partial charge in [0.1, 0.15) is 5.75 Å². The second-order valence-corrected chi connectivity index (χ2v) is 7.49. The largest absolute Gasteiger partial charge is 0.508 e. The van der Waals surface area contributed by atoms with Crippen molar-refractivity contribution in [2.45, 2.75) is 96.8 Å². The van der Waals surface area contributed by atoms with Crippen molar-refractivity contribution in [1.82, 2.24) is 5.32 Å². The van der Waals surface area contributed by atoms with E-state index in [0.717, 1.165) is 18.4 Å². The number of carbonyl (C=O) groups is 1. The van der Waals surface area contributed by atoms with Crippen LogP contribution in [-0.2, 0) is 4.79 Å². The maximum atomic E-state index is 11.8. The zero-order valence-corrected chi connectivity index (χ0v) is 17.2. The third kappa shape index (κ3) is 14.0. The van der Waals surface area contributed by atoms with Crippen LogP contribution in [0, 0.1) is 0 Å². The van der Waals surface area contributed by atoms with Gasteiger partial charge < -0.3 is 10.4 Å². The average molecular weight is 374 g/mol. The molecule has 152 valence electrons. The number of phenolic OH excluding ortho intramolecular Hbond substituents is 1. The summed E-state index contributed by atoms with van der Waals surface area (Å²) in [5, 5.41) is 12.0. The molecule has 1 amide bonds. The molecule has 0 spiro atoms. The fourth-order valence-corrected chi connectivity index (χ4v) is 3.19. The van der Waals surface area contributed by atoms with Gasteiger partial charge in [0.15, 0.2) is 0 Å². The van der Waals surface area contributed by atoms with Crippen LogP contribution in [0.5, 0.6) is 5.75 Å². The van der Waals surface area contributed by atoms with Gasteiger partial charge in [0.05, 0.1) is 0 Å². The maximum absolute atomic E-state index is 11.8. The quantitative estimate of drug-likeness (QED) is 0.308. The number of phenols is 1. The van der Waals surface area contributed by atoms with Crippen molar-refractivity contribution in [3.63, 3.8) is 0 Å². The molecular formula is C24H39NO2. The van der Waals surface area contributed by atoms with E-state index < -0.39 is 0 Å². The standard InChI is InChI=1S/C24H39NO2/c1-2-3-4-5-6-7-8-9-10-11-12-13-14-15-24(27)25-21-20-22-16-18-23(26)19-17-22/h16-21,26H,2-15H2,1H3,(H,25,27)/b21-20+. The van der Waals surface area contributed by atoms with Crippen LogP contribution in [0.15, 0.2) is 30.5 Å². The Morgan fingerprint density at radius 2 is 1.30 bits per heavy atom. The molecule has 1 rings (SSSR count). The fourth-order valence-electron chi connectivity index (χ4n) is 3.19. The second kappa shape index (κ2) is 16.4. The van der Waals surface area contributed by atoms with E-state index in [0.29, 0.717) is 6.42 Å². The lowest BCUT2D eigenvalue weighted by Crippen LogP contribution is -2.16. The molecule has 0 heterocycles. The van der Waals surface area contributed by atoms with Crippen molar-refractivity contribution in [2.75, 3.05) is 0 Å². The summed E-state index contributed by atoms with van der Waals surface area (Å²) in [6.45, 7) is 2.27. The van der Waals surface area contributed by atoms with Crippen LogP contribution >= 0.6 is 0 Å². The minimum atomic E-state index is 0.0769. The van der Waals surface area contributed by atoms with Crippen LogP contribution in [0.2, 0.25) is 0 Å². The first-order chi connectivity index (χ1) is 13.2. The van der Waals surface area contributed by atoms with E-state index in [1.54, 1.807) is 18.3 Å². The number of hydrogen-bond acceptors (Lipinski definition) is 2. The summed E-state index contributed by atoms with van der Waals surface area (Å²) in [5.41, 5.74) is 0.953. The first kappa shape index (κ1) is 23.3. The lowest BCUT2D eigenvalue weighted by atomic mass is 10.0. The molecular weight excluding hydrogens is 334 g/mol. The van der Waals surface area contributed by atoms with Crippen LogP contribution < -0.4 is 5.32 Å². The molecule has 3 heteroatoms. The summed E-state index contributed by atoms with van der Waals surface area (Å²) in [7, 11) is 0. The fraction of sp³-hybridized carbons (Fsp3) is 0.625. The molecule has 27 heavy (non-hydrogen) atoms. The number of aromatic hydroxyl groups is 1. The first-order valence-corrected chi connectivity index (χ1v) is 11.0. The molecule has 0 unspecified atom stereocenters. The Kier molecular flexibility index (Phi) is 14.1. The highest BCUT2D eigenvalue weighted by Gasteiger charge is 1.99. The van der Waals surface area contributed by atoms with Gasteiger partial charge in [-0.05, 0) is 30.2 Å². The van der Waals surface area contributed by atoms with Crippen molar-refractivity contribution >= 4 is 12.0 Å². The Hall–Kier alpha value is -1.77. The number of hydrogen-bond donors (Lipinski definition) is 2. The minimum Gasteiger partial charge on any atom is -0.508 e. The van der Waals surface area contributed by atoms with E-state index in [9.17, 15) is 9.90 Å². The summed E-state index contributed by atoms with van der Waals surface area (Å²) in [4.78, 5) is 11.8. The van der Waals surface area contributed by atoms with Gasteiger partial charge in [0.2, 0.25) is 5.91 Å². The zero-order chi connectivity index (χ0) is 19.6. The predicted molar refractivity (Wildman–Crippen MR) is 116 cm³/mol. The molecule has 0 aliphatic rings. The Labute approximate surface area is 166 Å². The minimum absolute atomic E-state index is 0.0769. The number of benzene rings is 1. The number of amides is 1. The van der Waals surface area contributed by atoms with Gasteiger partial charge in [0, 0.05) is 12.6 Å². The van der Waals surface area contributed by atoms with Gasteiger partial charge in [-0.2, -0.15) is 0 Å². The van der Waals surface area contributed by atoms with Crippen molar-refractivity contribution in [3.8, 4) is 5.75 Å². The van der Waals surface area contributed by atoms with E-state index in [2.05, 4.69) is 12.2 Å². The van der Waals surface area contributed by atoms with Gasteiger partial charge in [-0.25, -0.2) is 0 Å². The highest BCUT2D eigenvalue weighted by atomic mass is 16.3. The van der Waals surface area contributed by atoms with Crippen LogP contribution in [0.1, 0.15) is 102 Å². The van der Waals surface area contributed by atoms with E-state index >= 15 is 0 Å². The highest BCUT2D eigenvalue weighted by molar-refractivity contribution is 5.77. The van der Waals surface area contributed by atoms with Crippen LogP contribution in [0.3, 0.4) is 0 Å². The Morgan fingerprint density at radius 3 is 1.81 bits per heavy atom. The number of carbonyl (C=O) groups excluding carboxylic acids is 1. The molecule has 1 aromatic rings. The number of rotatable bonds is 16. The zero-order valence-electron chi connectivity index (χ0n) is 17.2. The molecule has 0 radical (unpaired) electrons. The second-order valence-electron chi connectivity index (χ2n) is 7.49. The van der Waals surface area contributed by atoms with E-state index in [-0.39, 0.29) is 11.7 Å². The molecule has 0 saturated carbocycles. The SMILES string of the molecule is CCCCCCCCCCCCCCCC(=O)N/C=C/c1ccc(O)cc1. The molecule has 0 saturated heterocycles. The van der Waals surface area contributed by atoms with Gasteiger partial charge in [0.25, 0.3) is 0 Å². The third-order valence-corrected chi connectivity index (χ3v) is 4.92. The molecule has 2 N–H and O–H groups in total. The normalized spacial score (nSPS) is 11.1. The summed E-state index contributed by atoms with van der Waals surface area (Å²) in [5.74, 6) is 0.326. The molecule has 0 bridgehead atoms. The van der Waals surface area contributed by atoms with Crippen molar-refractivity contribution < 1.29 is 9.90 Å². The summed E-state index contributed by atoms with van der Waals surface area (Å²) < 4.78 is 0. The Bertz CT molecular complexity index is 508. The molecule has 1 aromatic carbocycles. The first-order valence-electron chi connectivity index (χ1n) is 11.0. The summed E-state index contributed by atoms with van der Waals surface area (Å²) >= 11 is 0. The van der Waals surface area contributed by atoms with Gasteiger partial charge >= 0.3 is 0 Å². The third-order valence-electron chi connectivity index (χ3n) is 4.92. The summed E-state index contributed by atoms with van der Waals surface area (Å²) in [6.07, 6.45) is 21.2. The lowest BCUT2D eigenvalue weighted by Gasteiger charge is -2.03. The van der Waals surface area contributed by atoms with Crippen LogP contribution in [0.25, 0.3) is 6.08 Å². The van der Waals surface area contributed by atoms with Crippen LogP contribution in [-0.4, -0.2) is 11.0 Å². The molecule has 0 fully saturated rings. The van der Waals surface area contributed by atoms with Gasteiger partial charge in [-0.3, -0.25) is 4.79 Å². The molecule has 0 aromatic heterocycles. The Morgan fingerprint density at radius 1 is 0.815 bits per heavy atom. The highest BCUT2D eigenvalue weighted by Crippen LogP contribution is 2.13. The average Bonchev–Trinajstić information content (AvgIpc) is 2.67. The predicted octanol–water partition coefficient (Wildman–Crippen LogP) is 6.96. The summed E-state index contributed by atoms with van der Waals surface area (Å²) in [6, 6.07) is 6.89. The van der Waals surface area contributed by atoms with Crippen molar-refractivity contribution in [2.24, 2.45) is 0 Å². The van der Waals surface area contributed by atoms with Gasteiger partial charge in [-0.1, -0.05) is 96.1 Å². The van der Waals surface area contributed by atoms with Crippen LogP contribution in [0.4, 0.5) is 0 Å². The van der Waals surface area contributed by atoms with Crippen molar-refractivity contribution in [1.29, 1.82) is 0 Å². The topological polar surface area (TPSA) is 49.3 Å². The molecule has 3 nitrogen and oxygen atoms in total. The van der Waals surface area contributed by atoms with E-state index in [1.165, 1.54) is 70.6 Å². The smallest absolute Gasteiger partial charge is 0.223 e. The molecule has 0 aliphatic carbocycles. The maximum Gasteiger partial charge on any atom is 0.223 e. The number of nitrogens with one attached hydrogen (secondary N) is 1.